The van der Waals surface area contributed by atoms with Crippen molar-refractivity contribution < 1.29 is 24.9 Å². The summed E-state index contributed by atoms with van der Waals surface area (Å²) in [5.41, 5.74) is -0.753. The smallest absolute Gasteiger partial charge is 0.305 e. The number of hydrogen-bond donors (Lipinski definition) is 3. The summed E-state index contributed by atoms with van der Waals surface area (Å²) < 4.78 is 5.02. The van der Waals surface area contributed by atoms with Gasteiger partial charge in [-0.2, -0.15) is 0 Å². The highest BCUT2D eigenvalue weighted by molar-refractivity contribution is 5.69. The molecule has 0 unspecified atom stereocenters. The molecule has 0 fully saturated rings. The molecule has 18 heavy (non-hydrogen) atoms. The molecular formula is C13H26O5. The molecule has 5 heteroatoms. The fraction of sp³-hybridized carbons (Fsp3) is 0.923. The zero-order valence-corrected chi connectivity index (χ0v) is 11.2. The van der Waals surface area contributed by atoms with Crippen molar-refractivity contribution in [2.75, 3.05) is 26.4 Å². The van der Waals surface area contributed by atoms with Crippen molar-refractivity contribution in [1.82, 2.24) is 0 Å². The lowest BCUT2D eigenvalue weighted by Gasteiger charge is -2.23. The van der Waals surface area contributed by atoms with Crippen LogP contribution in [0.4, 0.5) is 0 Å². The first-order valence-electron chi connectivity index (χ1n) is 6.56. The highest BCUT2D eigenvalue weighted by atomic mass is 16.5. The summed E-state index contributed by atoms with van der Waals surface area (Å²) in [6.07, 6.45) is 4.91. The second-order valence-electron chi connectivity index (χ2n) is 5.03. The van der Waals surface area contributed by atoms with Crippen molar-refractivity contribution in [2.45, 2.75) is 45.4 Å². The van der Waals surface area contributed by atoms with Gasteiger partial charge in [0.15, 0.2) is 0 Å². The second kappa shape index (κ2) is 10.3. The highest BCUT2D eigenvalue weighted by Crippen LogP contribution is 2.15. The van der Waals surface area contributed by atoms with E-state index in [1.165, 1.54) is 0 Å². The largest absolute Gasteiger partial charge is 0.465 e. The number of rotatable bonds is 11. The van der Waals surface area contributed by atoms with Crippen LogP contribution in [0.5, 0.6) is 0 Å². The van der Waals surface area contributed by atoms with Crippen LogP contribution in [0.3, 0.4) is 0 Å². The summed E-state index contributed by atoms with van der Waals surface area (Å²) in [7, 11) is 0. The van der Waals surface area contributed by atoms with E-state index in [4.69, 9.17) is 20.1 Å². The topological polar surface area (TPSA) is 87.0 Å². The molecule has 0 rings (SSSR count). The molecule has 0 spiro atoms. The molecule has 0 aromatic rings. The minimum absolute atomic E-state index is 0.0450. The average molecular weight is 262 g/mol. The predicted octanol–water partition coefficient (Wildman–Crippen LogP) is 0.853. The van der Waals surface area contributed by atoms with E-state index in [2.05, 4.69) is 0 Å². The van der Waals surface area contributed by atoms with Gasteiger partial charge in [-0.25, -0.2) is 0 Å². The zero-order valence-electron chi connectivity index (χ0n) is 11.2. The van der Waals surface area contributed by atoms with E-state index in [0.29, 0.717) is 6.42 Å². The summed E-state index contributed by atoms with van der Waals surface area (Å²) in [4.78, 5) is 11.4. The van der Waals surface area contributed by atoms with E-state index in [-0.39, 0.29) is 32.4 Å². The van der Waals surface area contributed by atoms with Gasteiger partial charge in [-0.3, -0.25) is 4.79 Å². The summed E-state index contributed by atoms with van der Waals surface area (Å²) in [6.45, 7) is 1.51. The highest BCUT2D eigenvalue weighted by Gasteiger charge is 2.24. The number of aliphatic hydroxyl groups is 3. The summed E-state index contributed by atoms with van der Waals surface area (Å²) in [5.74, 6) is -0.287. The molecule has 0 aliphatic rings. The third-order valence-corrected chi connectivity index (χ3v) is 2.88. The Balaban J connectivity index is 3.54. The number of unbranched alkanes of at least 4 members (excludes halogenated alkanes) is 4. The number of esters is 1. The van der Waals surface area contributed by atoms with E-state index < -0.39 is 5.41 Å². The molecule has 0 radical (unpaired) electrons. The maximum Gasteiger partial charge on any atom is 0.305 e. The Morgan fingerprint density at radius 1 is 1.00 bits per heavy atom. The van der Waals surface area contributed by atoms with E-state index in [1.54, 1.807) is 6.92 Å². The van der Waals surface area contributed by atoms with Crippen LogP contribution in [0.2, 0.25) is 0 Å². The van der Waals surface area contributed by atoms with Crippen molar-refractivity contribution in [3.8, 4) is 0 Å². The first-order valence-corrected chi connectivity index (χ1v) is 6.56. The quantitative estimate of drug-likeness (QED) is 0.379. The van der Waals surface area contributed by atoms with Crippen molar-refractivity contribution in [2.24, 2.45) is 5.41 Å². The standard InChI is InChI=1S/C13H26O5/c1-13(9-15,10-16)11-18-12(17)7-5-3-2-4-6-8-14/h14-16H,2-11H2,1H3. The monoisotopic (exact) mass is 262 g/mol. The van der Waals surface area contributed by atoms with Crippen LogP contribution in [-0.4, -0.2) is 47.7 Å². The van der Waals surface area contributed by atoms with Gasteiger partial charge in [-0.15, -0.1) is 0 Å². The molecule has 0 aromatic carbocycles. The van der Waals surface area contributed by atoms with Gasteiger partial charge in [0.1, 0.15) is 6.61 Å². The molecule has 0 aromatic heterocycles. The van der Waals surface area contributed by atoms with E-state index in [0.717, 1.165) is 32.1 Å². The summed E-state index contributed by atoms with van der Waals surface area (Å²) >= 11 is 0. The fourth-order valence-corrected chi connectivity index (χ4v) is 1.38. The van der Waals surface area contributed by atoms with Gasteiger partial charge in [0.05, 0.1) is 13.2 Å². The first-order chi connectivity index (χ1) is 8.58. The Morgan fingerprint density at radius 2 is 1.56 bits per heavy atom. The Morgan fingerprint density at radius 3 is 2.11 bits per heavy atom. The van der Waals surface area contributed by atoms with Crippen LogP contribution >= 0.6 is 0 Å². The van der Waals surface area contributed by atoms with Crippen LogP contribution in [0.15, 0.2) is 0 Å². The molecule has 5 nitrogen and oxygen atoms in total. The maximum atomic E-state index is 11.4. The minimum Gasteiger partial charge on any atom is -0.465 e. The molecule has 0 saturated heterocycles. The second-order valence-corrected chi connectivity index (χ2v) is 5.03. The molecule has 0 heterocycles. The van der Waals surface area contributed by atoms with Gasteiger partial charge in [-0.1, -0.05) is 26.2 Å². The number of ether oxygens (including phenoxy) is 1. The van der Waals surface area contributed by atoms with Crippen LogP contribution in [0, 0.1) is 5.41 Å². The van der Waals surface area contributed by atoms with Gasteiger partial charge in [0.2, 0.25) is 0 Å². The molecule has 0 amide bonds. The minimum atomic E-state index is -0.753. The van der Waals surface area contributed by atoms with Crippen molar-refractivity contribution in [1.29, 1.82) is 0 Å². The number of aliphatic hydroxyl groups excluding tert-OH is 3. The lowest BCUT2D eigenvalue weighted by Crippen LogP contribution is -2.32. The van der Waals surface area contributed by atoms with E-state index in [9.17, 15) is 4.79 Å². The fourth-order valence-electron chi connectivity index (χ4n) is 1.38. The number of hydrogen-bond acceptors (Lipinski definition) is 5. The zero-order chi connectivity index (χ0) is 13.9. The Labute approximate surface area is 109 Å². The van der Waals surface area contributed by atoms with Crippen LogP contribution in [0.25, 0.3) is 0 Å². The average Bonchev–Trinajstić information content (AvgIpc) is 2.40. The number of carbonyl (C=O) groups excluding carboxylic acids is 1. The van der Waals surface area contributed by atoms with Crippen LogP contribution in [-0.2, 0) is 9.53 Å². The van der Waals surface area contributed by atoms with Gasteiger partial charge in [0.25, 0.3) is 0 Å². The van der Waals surface area contributed by atoms with Crippen molar-refractivity contribution in [3.63, 3.8) is 0 Å². The molecular weight excluding hydrogens is 236 g/mol. The van der Waals surface area contributed by atoms with E-state index >= 15 is 0 Å². The first kappa shape index (κ1) is 17.4. The molecule has 0 bridgehead atoms. The Bertz CT molecular complexity index is 213. The lowest BCUT2D eigenvalue weighted by atomic mass is 9.94. The molecule has 108 valence electrons. The van der Waals surface area contributed by atoms with Gasteiger partial charge < -0.3 is 20.1 Å². The molecule has 0 saturated carbocycles. The van der Waals surface area contributed by atoms with Gasteiger partial charge in [-0.05, 0) is 12.8 Å². The molecule has 0 aliphatic carbocycles. The maximum absolute atomic E-state index is 11.4. The third kappa shape index (κ3) is 8.44. The lowest BCUT2D eigenvalue weighted by molar-refractivity contribution is -0.149. The normalized spacial score (nSPS) is 11.6. The van der Waals surface area contributed by atoms with Crippen molar-refractivity contribution >= 4 is 5.97 Å². The molecule has 0 atom stereocenters. The summed E-state index contributed by atoms with van der Waals surface area (Å²) in [6, 6.07) is 0. The Kier molecular flexibility index (Phi) is 9.92. The molecule has 3 N–H and O–H groups in total. The van der Waals surface area contributed by atoms with Crippen molar-refractivity contribution in [3.05, 3.63) is 0 Å². The van der Waals surface area contributed by atoms with Crippen LogP contribution in [0.1, 0.15) is 45.4 Å². The van der Waals surface area contributed by atoms with E-state index in [1.807, 2.05) is 0 Å². The van der Waals surface area contributed by atoms with Gasteiger partial charge in [0, 0.05) is 18.4 Å². The van der Waals surface area contributed by atoms with Gasteiger partial charge >= 0.3 is 5.97 Å². The predicted molar refractivity (Wildman–Crippen MR) is 68.0 cm³/mol. The third-order valence-electron chi connectivity index (χ3n) is 2.88. The summed E-state index contributed by atoms with van der Waals surface area (Å²) in [5, 5.41) is 26.6. The van der Waals surface area contributed by atoms with Crippen LogP contribution < -0.4 is 0 Å². The number of carbonyl (C=O) groups is 1. The SMILES string of the molecule is CC(CO)(CO)COC(=O)CCCCCCCO. The molecule has 0 aliphatic heterocycles. The Hall–Kier alpha value is -0.650.